The molecule has 1 heterocycles. The largest absolute Gasteiger partial charge is 0.351 e. The first-order valence-corrected chi connectivity index (χ1v) is 9.22. The molecule has 0 unspecified atom stereocenters. The number of nitrogens with zero attached hydrogens (tertiary/aromatic N) is 2. The van der Waals surface area contributed by atoms with Crippen LogP contribution in [0.4, 0.5) is 0 Å². The SMILES string of the molecule is CC(C)[C@H](N)C(=O)NCc1ccccc1-c1ccc(Cn2cccn2)cc1. The second-order valence-electron chi connectivity index (χ2n) is 7.05. The van der Waals surface area contributed by atoms with Crippen LogP contribution in [0.2, 0.25) is 0 Å². The van der Waals surface area contributed by atoms with E-state index in [4.69, 9.17) is 5.73 Å². The van der Waals surface area contributed by atoms with E-state index in [1.54, 1.807) is 6.20 Å². The van der Waals surface area contributed by atoms with Crippen molar-refractivity contribution < 1.29 is 4.79 Å². The van der Waals surface area contributed by atoms with E-state index >= 15 is 0 Å². The monoisotopic (exact) mass is 362 g/mol. The Morgan fingerprint density at radius 1 is 1.11 bits per heavy atom. The Kier molecular flexibility index (Phi) is 6.04. The fourth-order valence-corrected chi connectivity index (χ4v) is 2.93. The maximum absolute atomic E-state index is 12.2. The molecule has 0 aliphatic carbocycles. The molecule has 0 aliphatic rings. The van der Waals surface area contributed by atoms with Crippen molar-refractivity contribution in [3.05, 3.63) is 78.1 Å². The van der Waals surface area contributed by atoms with Crippen molar-refractivity contribution in [3.8, 4) is 11.1 Å². The molecule has 1 atom stereocenters. The van der Waals surface area contributed by atoms with Gasteiger partial charge in [0, 0.05) is 18.9 Å². The van der Waals surface area contributed by atoms with E-state index in [1.165, 1.54) is 5.56 Å². The molecule has 5 nitrogen and oxygen atoms in total. The number of benzene rings is 2. The van der Waals surface area contributed by atoms with Crippen molar-refractivity contribution in [2.45, 2.75) is 33.0 Å². The van der Waals surface area contributed by atoms with Crippen LogP contribution in [0, 0.1) is 5.92 Å². The summed E-state index contributed by atoms with van der Waals surface area (Å²) in [7, 11) is 0. The summed E-state index contributed by atoms with van der Waals surface area (Å²) in [5.41, 5.74) is 10.4. The third-order valence-corrected chi connectivity index (χ3v) is 4.66. The fourth-order valence-electron chi connectivity index (χ4n) is 2.93. The van der Waals surface area contributed by atoms with E-state index in [0.29, 0.717) is 6.54 Å². The molecule has 0 saturated carbocycles. The maximum atomic E-state index is 12.2. The molecule has 0 aliphatic heterocycles. The van der Waals surface area contributed by atoms with Gasteiger partial charge in [-0.05, 0) is 34.2 Å². The predicted octanol–water partition coefficient (Wildman–Crippen LogP) is 3.20. The van der Waals surface area contributed by atoms with Gasteiger partial charge in [0.15, 0.2) is 0 Å². The summed E-state index contributed by atoms with van der Waals surface area (Å²) < 4.78 is 1.90. The summed E-state index contributed by atoms with van der Waals surface area (Å²) in [6.07, 6.45) is 3.73. The van der Waals surface area contributed by atoms with Crippen molar-refractivity contribution in [2.24, 2.45) is 11.7 Å². The van der Waals surface area contributed by atoms with Crippen molar-refractivity contribution in [3.63, 3.8) is 0 Å². The molecule has 27 heavy (non-hydrogen) atoms. The molecule has 1 amide bonds. The Hall–Kier alpha value is -2.92. The molecule has 3 aromatic rings. The van der Waals surface area contributed by atoms with Crippen LogP contribution < -0.4 is 11.1 Å². The number of carbonyl (C=O) groups excluding carboxylic acids is 1. The molecule has 0 bridgehead atoms. The van der Waals surface area contributed by atoms with Gasteiger partial charge in [-0.2, -0.15) is 5.10 Å². The van der Waals surface area contributed by atoms with Gasteiger partial charge in [-0.3, -0.25) is 9.48 Å². The van der Waals surface area contributed by atoms with E-state index in [2.05, 4.69) is 40.7 Å². The highest BCUT2D eigenvalue weighted by atomic mass is 16.2. The van der Waals surface area contributed by atoms with Gasteiger partial charge < -0.3 is 11.1 Å². The van der Waals surface area contributed by atoms with Gasteiger partial charge in [-0.25, -0.2) is 0 Å². The lowest BCUT2D eigenvalue weighted by Crippen LogP contribution is -2.43. The van der Waals surface area contributed by atoms with Gasteiger partial charge >= 0.3 is 0 Å². The van der Waals surface area contributed by atoms with Crippen LogP contribution >= 0.6 is 0 Å². The average molecular weight is 362 g/mol. The summed E-state index contributed by atoms with van der Waals surface area (Å²) in [5.74, 6) is -0.00283. The molecule has 0 radical (unpaired) electrons. The minimum absolute atomic E-state index is 0.113. The predicted molar refractivity (Wildman–Crippen MR) is 108 cm³/mol. The summed E-state index contributed by atoms with van der Waals surface area (Å²) in [6.45, 7) is 5.11. The second kappa shape index (κ2) is 8.64. The smallest absolute Gasteiger partial charge is 0.237 e. The average Bonchev–Trinajstić information content (AvgIpc) is 3.19. The van der Waals surface area contributed by atoms with Crippen molar-refractivity contribution in [2.75, 3.05) is 0 Å². The lowest BCUT2D eigenvalue weighted by Gasteiger charge is -2.16. The molecule has 140 valence electrons. The Labute approximate surface area is 160 Å². The molecule has 2 aromatic carbocycles. The van der Waals surface area contributed by atoms with Crippen molar-refractivity contribution in [1.82, 2.24) is 15.1 Å². The normalized spacial score (nSPS) is 12.1. The number of hydrogen-bond acceptors (Lipinski definition) is 3. The topological polar surface area (TPSA) is 72.9 Å². The zero-order valence-electron chi connectivity index (χ0n) is 15.8. The minimum Gasteiger partial charge on any atom is -0.351 e. The van der Waals surface area contributed by atoms with Gasteiger partial charge in [0.2, 0.25) is 5.91 Å². The Bertz CT molecular complexity index is 870. The Balaban J connectivity index is 1.72. The second-order valence-corrected chi connectivity index (χ2v) is 7.05. The summed E-state index contributed by atoms with van der Waals surface area (Å²) in [4.78, 5) is 12.2. The van der Waals surface area contributed by atoms with Crippen LogP contribution in [0.1, 0.15) is 25.0 Å². The number of aromatic nitrogens is 2. The van der Waals surface area contributed by atoms with Crippen LogP contribution in [-0.4, -0.2) is 21.7 Å². The third-order valence-electron chi connectivity index (χ3n) is 4.66. The molecule has 3 N–H and O–H groups in total. The molecule has 5 heteroatoms. The van der Waals surface area contributed by atoms with Gasteiger partial charge in [0.1, 0.15) is 0 Å². The molecule has 3 rings (SSSR count). The standard InChI is InChI=1S/C22H26N4O/c1-16(2)21(23)22(27)24-14-19-6-3-4-7-20(19)18-10-8-17(9-11-18)15-26-13-5-12-25-26/h3-13,16,21H,14-15,23H2,1-2H3,(H,24,27)/t21-/m0/s1. The molecular formula is C22H26N4O. The van der Waals surface area contributed by atoms with Crippen LogP contribution in [0.15, 0.2) is 67.0 Å². The minimum atomic E-state index is -0.487. The zero-order chi connectivity index (χ0) is 19.2. The first-order chi connectivity index (χ1) is 13.0. The van der Waals surface area contributed by atoms with Crippen LogP contribution in [0.25, 0.3) is 11.1 Å². The van der Waals surface area contributed by atoms with E-state index in [9.17, 15) is 4.79 Å². The van der Waals surface area contributed by atoms with Crippen LogP contribution in [0.5, 0.6) is 0 Å². The molecule has 0 spiro atoms. The lowest BCUT2D eigenvalue weighted by molar-refractivity contribution is -0.123. The Morgan fingerprint density at radius 3 is 2.52 bits per heavy atom. The number of carbonyl (C=O) groups is 1. The molecule has 1 aromatic heterocycles. The highest BCUT2D eigenvalue weighted by Gasteiger charge is 2.17. The van der Waals surface area contributed by atoms with Gasteiger partial charge in [-0.1, -0.05) is 62.4 Å². The Morgan fingerprint density at radius 2 is 1.85 bits per heavy atom. The molecule has 0 fully saturated rings. The zero-order valence-corrected chi connectivity index (χ0v) is 15.8. The number of hydrogen-bond donors (Lipinski definition) is 2. The van der Waals surface area contributed by atoms with E-state index in [-0.39, 0.29) is 11.8 Å². The van der Waals surface area contributed by atoms with E-state index < -0.39 is 6.04 Å². The number of nitrogens with one attached hydrogen (secondary N) is 1. The molecular weight excluding hydrogens is 336 g/mol. The fraction of sp³-hybridized carbons (Fsp3) is 0.273. The van der Waals surface area contributed by atoms with Crippen LogP contribution in [-0.2, 0) is 17.9 Å². The highest BCUT2D eigenvalue weighted by molar-refractivity contribution is 5.82. The molecule has 0 saturated heterocycles. The summed E-state index contributed by atoms with van der Waals surface area (Å²) >= 11 is 0. The van der Waals surface area contributed by atoms with Crippen molar-refractivity contribution in [1.29, 1.82) is 0 Å². The first kappa shape index (κ1) is 18.9. The van der Waals surface area contributed by atoms with Gasteiger partial charge in [-0.15, -0.1) is 0 Å². The lowest BCUT2D eigenvalue weighted by atomic mass is 9.98. The number of nitrogens with two attached hydrogens (primary N) is 1. The van der Waals surface area contributed by atoms with Crippen molar-refractivity contribution >= 4 is 5.91 Å². The highest BCUT2D eigenvalue weighted by Crippen LogP contribution is 2.24. The van der Waals surface area contributed by atoms with Crippen LogP contribution in [0.3, 0.4) is 0 Å². The number of amides is 1. The first-order valence-electron chi connectivity index (χ1n) is 9.22. The quantitative estimate of drug-likeness (QED) is 0.678. The maximum Gasteiger partial charge on any atom is 0.237 e. The summed E-state index contributed by atoms with van der Waals surface area (Å²) in [5, 5.41) is 7.20. The van der Waals surface area contributed by atoms with Gasteiger partial charge in [0.25, 0.3) is 0 Å². The summed E-state index contributed by atoms with van der Waals surface area (Å²) in [6, 6.07) is 18.0. The van der Waals surface area contributed by atoms with E-state index in [0.717, 1.165) is 23.2 Å². The third kappa shape index (κ3) is 4.83. The van der Waals surface area contributed by atoms with Gasteiger partial charge in [0.05, 0.1) is 12.6 Å². The van der Waals surface area contributed by atoms with E-state index in [1.807, 2.05) is 49.0 Å². The number of rotatable bonds is 7.